The molecule has 0 aromatic carbocycles. The average Bonchev–Trinajstić information content (AvgIpc) is 2.65. The molecule has 76 valence electrons. The summed E-state index contributed by atoms with van der Waals surface area (Å²) in [7, 11) is 0. The Morgan fingerprint density at radius 3 is 2.67 bits per heavy atom. The lowest BCUT2D eigenvalue weighted by Crippen LogP contribution is -1.95. The first-order valence-electron chi connectivity index (χ1n) is 4.30. The van der Waals surface area contributed by atoms with Crippen molar-refractivity contribution >= 4 is 12.2 Å². The Labute approximate surface area is 85.1 Å². The van der Waals surface area contributed by atoms with Gasteiger partial charge in [-0.2, -0.15) is 0 Å². The van der Waals surface area contributed by atoms with E-state index in [1.807, 2.05) is 0 Å². The molecule has 0 aliphatic heterocycles. The quantitative estimate of drug-likeness (QED) is 0.813. The fourth-order valence-corrected chi connectivity index (χ4v) is 1.12. The highest BCUT2D eigenvalue weighted by Crippen LogP contribution is 2.11. The molecule has 15 heavy (non-hydrogen) atoms. The Morgan fingerprint density at radius 2 is 2.00 bits per heavy atom. The zero-order valence-electron chi connectivity index (χ0n) is 7.71. The first kappa shape index (κ1) is 9.33. The van der Waals surface area contributed by atoms with Gasteiger partial charge in [0.1, 0.15) is 17.3 Å². The molecule has 0 radical (unpaired) electrons. The van der Waals surface area contributed by atoms with Gasteiger partial charge in [0.2, 0.25) is 0 Å². The fourth-order valence-electron chi connectivity index (χ4n) is 1.12. The van der Waals surface area contributed by atoms with Gasteiger partial charge in [0.05, 0.1) is 12.3 Å². The highest BCUT2D eigenvalue weighted by atomic mass is 16.4. The van der Waals surface area contributed by atoms with Crippen LogP contribution in [0, 0.1) is 0 Å². The van der Waals surface area contributed by atoms with Crippen molar-refractivity contribution < 1.29 is 13.9 Å². The molecule has 0 aliphatic rings. The van der Waals surface area contributed by atoms with E-state index in [0.29, 0.717) is 5.76 Å². The smallest absolute Gasteiger partial charge is 0.339 e. The summed E-state index contributed by atoms with van der Waals surface area (Å²) >= 11 is 0. The molecule has 2 rings (SSSR count). The van der Waals surface area contributed by atoms with Crippen LogP contribution in [0.3, 0.4) is 0 Å². The monoisotopic (exact) mass is 204 g/mol. The molecule has 4 heteroatoms. The van der Waals surface area contributed by atoms with E-state index in [2.05, 4.69) is 0 Å². The van der Waals surface area contributed by atoms with Gasteiger partial charge in [0.25, 0.3) is 0 Å². The highest BCUT2D eigenvalue weighted by molar-refractivity contribution is 5.64. The van der Waals surface area contributed by atoms with Crippen LogP contribution < -0.4 is 5.63 Å². The van der Waals surface area contributed by atoms with Crippen LogP contribution in [0.1, 0.15) is 11.5 Å². The molecule has 2 aromatic heterocycles. The molecule has 2 aromatic rings. The lowest BCUT2D eigenvalue weighted by Gasteiger charge is -1.92. The maximum Gasteiger partial charge on any atom is 0.339 e. The lowest BCUT2D eigenvalue weighted by molar-refractivity contribution is 0.444. The minimum absolute atomic E-state index is 0.120. The molecule has 1 N–H and O–H groups in total. The van der Waals surface area contributed by atoms with Gasteiger partial charge < -0.3 is 13.9 Å². The minimum Gasteiger partial charge on any atom is -0.508 e. The van der Waals surface area contributed by atoms with Gasteiger partial charge in [-0.3, -0.25) is 0 Å². The topological polar surface area (TPSA) is 63.6 Å². The van der Waals surface area contributed by atoms with E-state index in [0.717, 1.165) is 6.07 Å². The van der Waals surface area contributed by atoms with Crippen molar-refractivity contribution in [1.29, 1.82) is 0 Å². The maximum atomic E-state index is 10.9. The highest BCUT2D eigenvalue weighted by Gasteiger charge is 1.97. The van der Waals surface area contributed by atoms with Crippen molar-refractivity contribution in [3.63, 3.8) is 0 Å². The summed E-state index contributed by atoms with van der Waals surface area (Å²) in [6, 6.07) is 5.86. The summed E-state index contributed by atoms with van der Waals surface area (Å²) in [4.78, 5) is 10.9. The fraction of sp³-hybridized carbons (Fsp3) is 0. The molecule has 0 bridgehead atoms. The number of hydrogen-bond donors (Lipinski definition) is 1. The molecule has 0 saturated heterocycles. The molecular weight excluding hydrogens is 196 g/mol. The molecule has 0 saturated carbocycles. The van der Waals surface area contributed by atoms with Crippen molar-refractivity contribution in [3.8, 4) is 5.75 Å². The Bertz CT molecular complexity index is 520. The first-order valence-corrected chi connectivity index (χ1v) is 4.30. The molecular formula is C11H8O4. The zero-order chi connectivity index (χ0) is 10.7. The van der Waals surface area contributed by atoms with Gasteiger partial charge in [-0.15, -0.1) is 0 Å². The lowest BCUT2D eigenvalue weighted by atomic mass is 10.3. The summed E-state index contributed by atoms with van der Waals surface area (Å²) in [5.74, 6) is 0.794. The standard InChI is InChI=1S/C11H8O4/c12-8-6-10(15-11(13)7-8)4-3-9-2-1-5-14-9/h1-7,12H/b4-3+. The SMILES string of the molecule is O=c1cc(O)cc(/C=C/c2ccco2)o1. The van der Waals surface area contributed by atoms with E-state index < -0.39 is 5.63 Å². The molecule has 4 nitrogen and oxygen atoms in total. The van der Waals surface area contributed by atoms with Crippen LogP contribution in [0.4, 0.5) is 0 Å². The molecule has 0 fully saturated rings. The van der Waals surface area contributed by atoms with Crippen LogP contribution in [0.5, 0.6) is 5.75 Å². The van der Waals surface area contributed by atoms with Crippen molar-refractivity contribution in [2.75, 3.05) is 0 Å². The molecule has 0 unspecified atom stereocenters. The van der Waals surface area contributed by atoms with Crippen molar-refractivity contribution in [3.05, 3.63) is 52.5 Å². The van der Waals surface area contributed by atoms with E-state index in [1.165, 1.54) is 12.3 Å². The Hall–Kier alpha value is -2.23. The zero-order valence-corrected chi connectivity index (χ0v) is 7.71. The summed E-state index contributed by atoms with van der Waals surface area (Å²) in [5.41, 5.74) is -0.589. The van der Waals surface area contributed by atoms with E-state index in [-0.39, 0.29) is 11.5 Å². The predicted molar refractivity (Wildman–Crippen MR) is 54.3 cm³/mol. The number of furan rings is 1. The van der Waals surface area contributed by atoms with Gasteiger partial charge >= 0.3 is 5.63 Å². The van der Waals surface area contributed by atoms with Gasteiger partial charge in [-0.05, 0) is 24.3 Å². The van der Waals surface area contributed by atoms with Gasteiger partial charge in [0.15, 0.2) is 0 Å². The summed E-state index contributed by atoms with van der Waals surface area (Å²) in [6.07, 6.45) is 4.72. The van der Waals surface area contributed by atoms with E-state index in [1.54, 1.807) is 24.3 Å². The van der Waals surface area contributed by atoms with Crippen LogP contribution in [0.2, 0.25) is 0 Å². The molecule has 0 aliphatic carbocycles. The Balaban J connectivity index is 2.28. The predicted octanol–water partition coefficient (Wildman–Crippen LogP) is 2.11. The summed E-state index contributed by atoms with van der Waals surface area (Å²) in [5, 5.41) is 9.13. The molecule has 0 atom stereocenters. The largest absolute Gasteiger partial charge is 0.508 e. The Morgan fingerprint density at radius 1 is 1.20 bits per heavy atom. The van der Waals surface area contributed by atoms with Crippen LogP contribution >= 0.6 is 0 Å². The number of rotatable bonds is 2. The maximum absolute atomic E-state index is 10.9. The van der Waals surface area contributed by atoms with Crippen LogP contribution in [-0.2, 0) is 0 Å². The van der Waals surface area contributed by atoms with Crippen LogP contribution in [-0.4, -0.2) is 5.11 Å². The number of hydrogen-bond acceptors (Lipinski definition) is 4. The van der Waals surface area contributed by atoms with Gasteiger partial charge in [0, 0.05) is 6.07 Å². The summed E-state index contributed by atoms with van der Waals surface area (Å²) < 4.78 is 9.86. The van der Waals surface area contributed by atoms with Gasteiger partial charge in [-0.1, -0.05) is 0 Å². The first-order chi connectivity index (χ1) is 7.24. The second kappa shape index (κ2) is 3.88. The second-order valence-electron chi connectivity index (χ2n) is 2.89. The third-order valence-electron chi connectivity index (χ3n) is 1.73. The number of aromatic hydroxyl groups is 1. The van der Waals surface area contributed by atoms with E-state index >= 15 is 0 Å². The minimum atomic E-state index is -0.589. The van der Waals surface area contributed by atoms with Crippen molar-refractivity contribution in [2.24, 2.45) is 0 Å². The molecule has 0 amide bonds. The Kier molecular flexibility index (Phi) is 2.41. The van der Waals surface area contributed by atoms with Crippen molar-refractivity contribution in [2.45, 2.75) is 0 Å². The average molecular weight is 204 g/mol. The van der Waals surface area contributed by atoms with Crippen LogP contribution in [0.15, 0.2) is 44.2 Å². The van der Waals surface area contributed by atoms with Gasteiger partial charge in [-0.25, -0.2) is 4.79 Å². The molecule has 2 heterocycles. The van der Waals surface area contributed by atoms with E-state index in [9.17, 15) is 4.79 Å². The third-order valence-corrected chi connectivity index (χ3v) is 1.73. The summed E-state index contributed by atoms with van der Waals surface area (Å²) in [6.45, 7) is 0. The second-order valence-corrected chi connectivity index (χ2v) is 2.89. The third kappa shape index (κ3) is 2.37. The van der Waals surface area contributed by atoms with Crippen LogP contribution in [0.25, 0.3) is 12.2 Å². The van der Waals surface area contributed by atoms with Crippen molar-refractivity contribution in [1.82, 2.24) is 0 Å². The van der Waals surface area contributed by atoms with E-state index in [4.69, 9.17) is 13.9 Å². The molecule has 0 spiro atoms. The normalized spacial score (nSPS) is 10.9.